The Hall–Kier alpha value is -4.44. The molecular weight excluding hydrogens is 471 g/mol. The molecule has 2 aromatic heterocycles. The van der Waals surface area contributed by atoms with E-state index in [4.69, 9.17) is 4.74 Å². The van der Waals surface area contributed by atoms with Crippen LogP contribution in [0.4, 0.5) is 27.5 Å². The van der Waals surface area contributed by atoms with Crippen molar-refractivity contribution in [1.82, 2.24) is 15.0 Å². The van der Waals surface area contributed by atoms with Crippen molar-refractivity contribution in [3.63, 3.8) is 0 Å². The second-order valence-electron chi connectivity index (χ2n) is 8.38. The first-order valence-corrected chi connectivity index (χ1v) is 11.8. The third-order valence-corrected chi connectivity index (χ3v) is 5.41. The topological polar surface area (TPSA) is 99.9 Å². The standard InChI is InChI=1S/C27H29FN8O/c1-19(2)29-10-9-20(3)21-5-4-6-22(15-21)33-24-8-7-23(30-16-24)17-32-35-27-31-18-25(28)26(34-27)36-11-13-37-14-12-36/h4-10,15-18,33H,1,11-14H2,2-3H3,(H,31,34,35)/b20-9+,29-10?,32-17+. The van der Waals surface area contributed by atoms with Gasteiger partial charge in [-0.2, -0.15) is 10.1 Å². The van der Waals surface area contributed by atoms with Crippen LogP contribution in [0.2, 0.25) is 0 Å². The fourth-order valence-corrected chi connectivity index (χ4v) is 3.50. The molecule has 0 spiro atoms. The molecule has 2 N–H and O–H groups in total. The summed E-state index contributed by atoms with van der Waals surface area (Å²) in [6.07, 6.45) is 8.11. The average molecular weight is 501 g/mol. The summed E-state index contributed by atoms with van der Waals surface area (Å²) < 4.78 is 19.5. The summed E-state index contributed by atoms with van der Waals surface area (Å²) in [4.78, 5) is 18.6. The molecule has 1 fully saturated rings. The molecule has 0 amide bonds. The van der Waals surface area contributed by atoms with E-state index in [-0.39, 0.29) is 11.8 Å². The SMILES string of the molecule is C=C(C)N=C/C=C(\C)c1cccc(Nc2ccc(/C=N/Nc3ncc(F)c(N4CCOCC4)n3)nc2)c1. The van der Waals surface area contributed by atoms with Crippen molar-refractivity contribution < 1.29 is 9.13 Å². The zero-order chi connectivity index (χ0) is 26.0. The van der Waals surface area contributed by atoms with E-state index >= 15 is 0 Å². The van der Waals surface area contributed by atoms with Gasteiger partial charge in [-0.15, -0.1) is 0 Å². The number of nitrogens with zero attached hydrogens (tertiary/aromatic N) is 6. The Bertz CT molecular complexity index is 1310. The maximum atomic E-state index is 14.2. The fourth-order valence-electron chi connectivity index (χ4n) is 3.50. The monoisotopic (exact) mass is 500 g/mol. The van der Waals surface area contributed by atoms with E-state index in [9.17, 15) is 4.39 Å². The van der Waals surface area contributed by atoms with E-state index in [2.05, 4.69) is 48.4 Å². The number of ether oxygens (including phenoxy) is 1. The highest BCUT2D eigenvalue weighted by molar-refractivity contribution is 5.85. The Kier molecular flexibility index (Phi) is 8.66. The van der Waals surface area contributed by atoms with Crippen molar-refractivity contribution >= 4 is 41.1 Å². The van der Waals surface area contributed by atoms with Gasteiger partial charge in [0.1, 0.15) is 0 Å². The lowest BCUT2D eigenvalue weighted by Crippen LogP contribution is -2.37. The van der Waals surface area contributed by atoms with Gasteiger partial charge in [0.2, 0.25) is 5.95 Å². The number of hydrazone groups is 1. The van der Waals surface area contributed by atoms with Crippen LogP contribution in [0.25, 0.3) is 5.57 Å². The van der Waals surface area contributed by atoms with E-state index in [1.807, 2.05) is 55.2 Å². The average Bonchev–Trinajstić information content (AvgIpc) is 2.91. The number of halogens is 1. The Labute approximate surface area is 215 Å². The number of aromatic nitrogens is 3. The Morgan fingerprint density at radius 2 is 1.95 bits per heavy atom. The predicted octanol–water partition coefficient (Wildman–Crippen LogP) is 5.04. The summed E-state index contributed by atoms with van der Waals surface area (Å²) in [6, 6.07) is 11.8. The maximum Gasteiger partial charge on any atom is 0.245 e. The van der Waals surface area contributed by atoms with Crippen LogP contribution in [0, 0.1) is 5.82 Å². The van der Waals surface area contributed by atoms with Crippen molar-refractivity contribution in [2.45, 2.75) is 13.8 Å². The number of morpholine rings is 1. The molecule has 1 aliphatic rings. The number of aliphatic imine (C=N–C) groups is 1. The number of nitrogens with one attached hydrogen (secondary N) is 2. The lowest BCUT2D eigenvalue weighted by Gasteiger charge is -2.27. The predicted molar refractivity (Wildman–Crippen MR) is 147 cm³/mol. The first-order chi connectivity index (χ1) is 18.0. The summed E-state index contributed by atoms with van der Waals surface area (Å²) in [5.74, 6) is -0.0404. The lowest BCUT2D eigenvalue weighted by atomic mass is 10.1. The van der Waals surface area contributed by atoms with Crippen LogP contribution < -0.4 is 15.6 Å². The minimum atomic E-state index is -0.477. The van der Waals surface area contributed by atoms with Gasteiger partial charge >= 0.3 is 0 Å². The van der Waals surface area contributed by atoms with E-state index in [0.29, 0.717) is 32.0 Å². The van der Waals surface area contributed by atoms with Crippen LogP contribution in [0.5, 0.6) is 0 Å². The Morgan fingerprint density at radius 3 is 2.70 bits per heavy atom. The highest BCUT2D eigenvalue weighted by Crippen LogP contribution is 2.22. The van der Waals surface area contributed by atoms with E-state index in [1.165, 1.54) is 0 Å². The number of anilines is 4. The van der Waals surface area contributed by atoms with Gasteiger partial charge in [0.25, 0.3) is 0 Å². The van der Waals surface area contributed by atoms with Crippen molar-refractivity contribution in [3.05, 3.63) is 84.2 Å². The molecule has 0 radical (unpaired) electrons. The summed E-state index contributed by atoms with van der Waals surface area (Å²) in [5, 5.41) is 7.50. The number of allylic oxidation sites excluding steroid dienone is 3. The van der Waals surface area contributed by atoms with Gasteiger partial charge in [-0.1, -0.05) is 18.7 Å². The molecule has 0 saturated carbocycles. The summed E-state index contributed by atoms with van der Waals surface area (Å²) in [6.45, 7) is 9.88. The molecule has 0 bridgehead atoms. The molecule has 1 aromatic carbocycles. The first-order valence-electron chi connectivity index (χ1n) is 11.8. The number of pyridine rings is 1. The molecule has 4 rings (SSSR count). The molecule has 37 heavy (non-hydrogen) atoms. The van der Waals surface area contributed by atoms with Crippen LogP contribution >= 0.6 is 0 Å². The molecule has 0 atom stereocenters. The maximum absolute atomic E-state index is 14.2. The largest absolute Gasteiger partial charge is 0.378 e. The van der Waals surface area contributed by atoms with Crippen LogP contribution in [-0.4, -0.2) is 53.7 Å². The van der Waals surface area contributed by atoms with Crippen molar-refractivity contribution in [2.24, 2.45) is 10.1 Å². The number of rotatable bonds is 9. The van der Waals surface area contributed by atoms with Crippen LogP contribution in [-0.2, 0) is 4.74 Å². The van der Waals surface area contributed by atoms with Crippen molar-refractivity contribution in [1.29, 1.82) is 0 Å². The molecule has 1 saturated heterocycles. The molecule has 3 heterocycles. The third kappa shape index (κ3) is 7.52. The zero-order valence-corrected chi connectivity index (χ0v) is 20.9. The first kappa shape index (κ1) is 25.6. The molecule has 1 aliphatic heterocycles. The quantitative estimate of drug-likeness (QED) is 0.313. The van der Waals surface area contributed by atoms with Gasteiger partial charge in [0.15, 0.2) is 11.6 Å². The van der Waals surface area contributed by atoms with Crippen LogP contribution in [0.15, 0.2) is 77.2 Å². The molecule has 0 unspecified atom stereocenters. The van der Waals surface area contributed by atoms with Gasteiger partial charge < -0.3 is 15.0 Å². The second kappa shape index (κ2) is 12.5. The Morgan fingerprint density at radius 1 is 1.11 bits per heavy atom. The lowest BCUT2D eigenvalue weighted by molar-refractivity contribution is 0.122. The molecule has 3 aromatic rings. The fraction of sp³-hybridized carbons (Fsp3) is 0.222. The molecular formula is C27H29FN8O. The Balaban J connectivity index is 1.35. The van der Waals surface area contributed by atoms with Crippen LogP contribution in [0.3, 0.4) is 0 Å². The molecule has 0 aliphatic carbocycles. The van der Waals surface area contributed by atoms with Gasteiger partial charge in [0.05, 0.1) is 43.2 Å². The number of hydrogen-bond donors (Lipinski definition) is 2. The minimum absolute atomic E-state index is 0.201. The highest BCUT2D eigenvalue weighted by atomic mass is 19.1. The summed E-state index contributed by atoms with van der Waals surface area (Å²) >= 11 is 0. The van der Waals surface area contributed by atoms with Crippen molar-refractivity contribution in [3.8, 4) is 0 Å². The molecule has 190 valence electrons. The van der Waals surface area contributed by atoms with Crippen molar-refractivity contribution in [2.75, 3.05) is 41.9 Å². The van der Waals surface area contributed by atoms with Gasteiger partial charge in [0, 0.05) is 30.7 Å². The molecule has 9 nitrogen and oxygen atoms in total. The van der Waals surface area contributed by atoms with Gasteiger partial charge in [-0.3, -0.25) is 9.98 Å². The van der Waals surface area contributed by atoms with E-state index < -0.39 is 5.82 Å². The normalized spacial score (nSPS) is 14.4. The van der Waals surface area contributed by atoms with Gasteiger partial charge in [-0.25, -0.2) is 14.8 Å². The molecule has 10 heteroatoms. The van der Waals surface area contributed by atoms with Gasteiger partial charge in [-0.05, 0) is 55.3 Å². The third-order valence-electron chi connectivity index (χ3n) is 5.41. The summed E-state index contributed by atoms with van der Waals surface area (Å²) in [5.41, 5.74) is 8.09. The van der Waals surface area contributed by atoms with E-state index in [0.717, 1.165) is 34.4 Å². The minimum Gasteiger partial charge on any atom is -0.378 e. The van der Waals surface area contributed by atoms with E-state index in [1.54, 1.807) is 18.6 Å². The smallest absolute Gasteiger partial charge is 0.245 e. The zero-order valence-electron chi connectivity index (χ0n) is 20.9. The summed E-state index contributed by atoms with van der Waals surface area (Å²) in [7, 11) is 0. The second-order valence-corrected chi connectivity index (χ2v) is 8.38. The number of hydrogen-bond acceptors (Lipinski definition) is 9. The highest BCUT2D eigenvalue weighted by Gasteiger charge is 2.17. The number of benzene rings is 1. The van der Waals surface area contributed by atoms with Crippen LogP contribution in [0.1, 0.15) is 25.1 Å².